The van der Waals surface area contributed by atoms with Gasteiger partial charge in [-0.25, -0.2) is 4.98 Å². The number of nitrogens with zero attached hydrogens (tertiary/aromatic N) is 6. The predicted molar refractivity (Wildman–Crippen MR) is 113 cm³/mol. The van der Waals surface area contributed by atoms with Crippen LogP contribution in [-0.4, -0.2) is 67.0 Å². The van der Waals surface area contributed by atoms with E-state index in [4.69, 9.17) is 4.74 Å². The summed E-state index contributed by atoms with van der Waals surface area (Å²) in [7, 11) is 1.85. The highest BCUT2D eigenvalue weighted by Gasteiger charge is 2.20. The quantitative estimate of drug-likeness (QED) is 0.559. The standard InChI is InChI=1S/C20H24N6O3S/c1-13-5-4-6-26-18(13)21-14(2)15(19(26)28)11-16-22-23-20(24(16)3)30-12-17(27)25-7-9-29-10-8-25/h4-6H,7-12H2,1-3H3. The van der Waals surface area contributed by atoms with Crippen LogP contribution in [0, 0.1) is 13.8 Å². The van der Waals surface area contributed by atoms with E-state index in [-0.39, 0.29) is 11.5 Å². The Morgan fingerprint density at radius 1 is 1.23 bits per heavy atom. The van der Waals surface area contributed by atoms with Crippen LogP contribution in [0.2, 0.25) is 0 Å². The molecule has 0 aromatic carbocycles. The molecule has 0 N–H and O–H groups in total. The van der Waals surface area contributed by atoms with Crippen molar-refractivity contribution in [3.05, 3.63) is 51.3 Å². The number of thioether (sulfide) groups is 1. The molecular formula is C20H24N6O3S. The Bertz CT molecular complexity index is 1150. The summed E-state index contributed by atoms with van der Waals surface area (Å²) in [4.78, 5) is 31.8. The normalized spacial score (nSPS) is 14.4. The lowest BCUT2D eigenvalue weighted by Crippen LogP contribution is -2.41. The zero-order valence-electron chi connectivity index (χ0n) is 17.3. The van der Waals surface area contributed by atoms with Gasteiger partial charge in [0, 0.05) is 44.0 Å². The highest BCUT2D eigenvalue weighted by Crippen LogP contribution is 2.18. The Kier molecular flexibility index (Phi) is 5.87. The fourth-order valence-electron chi connectivity index (χ4n) is 3.46. The Balaban J connectivity index is 1.52. The fraction of sp³-hybridized carbons (Fsp3) is 0.450. The maximum atomic E-state index is 13.0. The first-order chi connectivity index (χ1) is 14.5. The van der Waals surface area contributed by atoms with Crippen molar-refractivity contribution in [3.8, 4) is 0 Å². The molecule has 9 nitrogen and oxygen atoms in total. The lowest BCUT2D eigenvalue weighted by atomic mass is 10.1. The number of carbonyl (C=O) groups excluding carboxylic acids is 1. The van der Waals surface area contributed by atoms with Crippen molar-refractivity contribution in [1.29, 1.82) is 0 Å². The number of amides is 1. The van der Waals surface area contributed by atoms with Gasteiger partial charge in [0.05, 0.1) is 19.0 Å². The fourth-order valence-corrected chi connectivity index (χ4v) is 4.29. The number of pyridine rings is 1. The first kappa shape index (κ1) is 20.5. The van der Waals surface area contributed by atoms with Gasteiger partial charge >= 0.3 is 0 Å². The number of hydrogen-bond acceptors (Lipinski definition) is 7. The van der Waals surface area contributed by atoms with Gasteiger partial charge in [0.25, 0.3) is 5.56 Å². The van der Waals surface area contributed by atoms with E-state index in [2.05, 4.69) is 15.2 Å². The van der Waals surface area contributed by atoms with E-state index < -0.39 is 0 Å². The largest absolute Gasteiger partial charge is 0.378 e. The number of aromatic nitrogens is 5. The zero-order chi connectivity index (χ0) is 21.3. The number of carbonyl (C=O) groups is 1. The Morgan fingerprint density at radius 3 is 2.77 bits per heavy atom. The maximum Gasteiger partial charge on any atom is 0.261 e. The minimum Gasteiger partial charge on any atom is -0.378 e. The summed E-state index contributed by atoms with van der Waals surface area (Å²) in [6, 6.07) is 3.78. The molecule has 1 aliphatic heterocycles. The van der Waals surface area contributed by atoms with Crippen molar-refractivity contribution >= 4 is 23.3 Å². The van der Waals surface area contributed by atoms with Gasteiger partial charge in [0.1, 0.15) is 11.5 Å². The average molecular weight is 429 g/mol. The molecule has 158 valence electrons. The van der Waals surface area contributed by atoms with Crippen LogP contribution in [0.3, 0.4) is 0 Å². The molecule has 4 rings (SSSR count). The van der Waals surface area contributed by atoms with Crippen molar-refractivity contribution in [2.24, 2.45) is 7.05 Å². The van der Waals surface area contributed by atoms with Crippen LogP contribution in [-0.2, 0) is 23.0 Å². The topological polar surface area (TPSA) is 94.6 Å². The first-order valence-corrected chi connectivity index (χ1v) is 10.8. The molecule has 4 heterocycles. The van der Waals surface area contributed by atoms with Crippen LogP contribution >= 0.6 is 11.8 Å². The van der Waals surface area contributed by atoms with Crippen LogP contribution < -0.4 is 5.56 Å². The van der Waals surface area contributed by atoms with E-state index in [1.165, 1.54) is 11.8 Å². The summed E-state index contributed by atoms with van der Waals surface area (Å²) in [5.41, 5.74) is 2.80. The molecule has 1 saturated heterocycles. The van der Waals surface area contributed by atoms with E-state index >= 15 is 0 Å². The van der Waals surface area contributed by atoms with Gasteiger partial charge in [-0.3, -0.25) is 14.0 Å². The van der Waals surface area contributed by atoms with Crippen LogP contribution in [0.25, 0.3) is 5.65 Å². The third-order valence-corrected chi connectivity index (χ3v) is 6.30. The lowest BCUT2D eigenvalue weighted by molar-refractivity contribution is -0.132. The van der Waals surface area contributed by atoms with Crippen molar-refractivity contribution < 1.29 is 9.53 Å². The van der Waals surface area contributed by atoms with Gasteiger partial charge in [-0.1, -0.05) is 17.8 Å². The highest BCUT2D eigenvalue weighted by atomic mass is 32.2. The first-order valence-electron chi connectivity index (χ1n) is 9.79. The van der Waals surface area contributed by atoms with Gasteiger partial charge in [0.15, 0.2) is 5.16 Å². The summed E-state index contributed by atoms with van der Waals surface area (Å²) in [5, 5.41) is 9.12. The third-order valence-electron chi connectivity index (χ3n) is 5.30. The Labute approximate surface area is 178 Å². The van der Waals surface area contributed by atoms with Gasteiger partial charge in [-0.2, -0.15) is 0 Å². The smallest absolute Gasteiger partial charge is 0.261 e. The number of rotatable bonds is 5. The third kappa shape index (κ3) is 3.97. The van der Waals surface area contributed by atoms with Gasteiger partial charge < -0.3 is 14.2 Å². The van der Waals surface area contributed by atoms with Crippen LogP contribution in [0.4, 0.5) is 0 Å². The zero-order valence-corrected chi connectivity index (χ0v) is 18.1. The molecule has 0 atom stereocenters. The van der Waals surface area contributed by atoms with Crippen LogP contribution in [0.5, 0.6) is 0 Å². The van der Waals surface area contributed by atoms with Crippen molar-refractivity contribution in [2.45, 2.75) is 25.4 Å². The molecule has 1 fully saturated rings. The van der Waals surface area contributed by atoms with Gasteiger partial charge in [-0.05, 0) is 25.5 Å². The molecule has 0 bridgehead atoms. The second-order valence-corrected chi connectivity index (χ2v) is 8.22. The second kappa shape index (κ2) is 8.57. The molecule has 0 unspecified atom stereocenters. The van der Waals surface area contributed by atoms with E-state index in [1.807, 2.05) is 37.6 Å². The summed E-state index contributed by atoms with van der Waals surface area (Å²) in [6.45, 7) is 6.20. The number of morpholine rings is 1. The monoisotopic (exact) mass is 428 g/mol. The molecule has 1 aliphatic rings. The van der Waals surface area contributed by atoms with Gasteiger partial charge in [-0.15, -0.1) is 10.2 Å². The number of aryl methyl sites for hydroxylation is 2. The number of ether oxygens (including phenoxy) is 1. The van der Waals surface area contributed by atoms with E-state index in [1.54, 1.807) is 15.5 Å². The Morgan fingerprint density at radius 2 is 2.00 bits per heavy atom. The van der Waals surface area contributed by atoms with Crippen molar-refractivity contribution in [1.82, 2.24) is 29.0 Å². The predicted octanol–water partition coefficient (Wildman–Crippen LogP) is 0.982. The Hall–Kier alpha value is -2.72. The van der Waals surface area contributed by atoms with E-state index in [9.17, 15) is 9.59 Å². The molecule has 0 aliphatic carbocycles. The lowest BCUT2D eigenvalue weighted by Gasteiger charge is -2.26. The van der Waals surface area contributed by atoms with E-state index in [0.29, 0.717) is 66.4 Å². The van der Waals surface area contributed by atoms with Crippen LogP contribution in [0.1, 0.15) is 22.6 Å². The summed E-state index contributed by atoms with van der Waals surface area (Å²) in [5.74, 6) is 1.02. The molecule has 0 spiro atoms. The molecule has 3 aromatic rings. The molecule has 0 saturated carbocycles. The average Bonchev–Trinajstić information content (AvgIpc) is 3.10. The van der Waals surface area contributed by atoms with Crippen molar-refractivity contribution in [3.63, 3.8) is 0 Å². The van der Waals surface area contributed by atoms with E-state index in [0.717, 1.165) is 5.56 Å². The SMILES string of the molecule is Cc1nc2c(C)cccn2c(=O)c1Cc1nnc(SCC(=O)N2CCOCC2)n1C. The molecule has 10 heteroatoms. The summed E-state index contributed by atoms with van der Waals surface area (Å²) in [6.07, 6.45) is 2.06. The number of hydrogen-bond donors (Lipinski definition) is 0. The minimum atomic E-state index is -0.0964. The molecule has 1 amide bonds. The molecule has 30 heavy (non-hydrogen) atoms. The van der Waals surface area contributed by atoms with Gasteiger partial charge in [0.2, 0.25) is 5.91 Å². The second-order valence-electron chi connectivity index (χ2n) is 7.28. The summed E-state index contributed by atoms with van der Waals surface area (Å²) >= 11 is 1.35. The highest BCUT2D eigenvalue weighted by molar-refractivity contribution is 7.99. The molecule has 0 radical (unpaired) electrons. The molecular weight excluding hydrogens is 404 g/mol. The molecule has 3 aromatic heterocycles. The van der Waals surface area contributed by atoms with Crippen LogP contribution in [0.15, 0.2) is 28.3 Å². The minimum absolute atomic E-state index is 0.0658. The maximum absolute atomic E-state index is 13.0. The summed E-state index contributed by atoms with van der Waals surface area (Å²) < 4.78 is 8.69. The van der Waals surface area contributed by atoms with Crippen molar-refractivity contribution in [2.75, 3.05) is 32.1 Å². The number of fused-ring (bicyclic) bond motifs is 1.